The summed E-state index contributed by atoms with van der Waals surface area (Å²) in [6.45, 7) is 16.1. The van der Waals surface area contributed by atoms with Crippen LogP contribution in [0, 0.1) is 5.41 Å². The smallest absolute Gasteiger partial charge is 0.0478 e. The Hall–Kier alpha value is -0.860. The van der Waals surface area contributed by atoms with E-state index in [9.17, 15) is 0 Å². The second-order valence-corrected chi connectivity index (χ2v) is 8.08. The number of hydrogen-bond donors (Lipinski definition) is 1. The zero-order chi connectivity index (χ0) is 15.0. The van der Waals surface area contributed by atoms with Crippen LogP contribution in [-0.4, -0.2) is 29.6 Å². The Morgan fingerprint density at radius 1 is 1.00 bits per heavy atom. The summed E-state index contributed by atoms with van der Waals surface area (Å²) in [5.74, 6) is 0. The third kappa shape index (κ3) is 3.42. The van der Waals surface area contributed by atoms with Gasteiger partial charge in [-0.2, -0.15) is 0 Å². The molecule has 1 saturated heterocycles. The standard InChI is InChI=1S/C18H30N2/c1-17(2,3)16-13-20(18(4,5)6)15(12-19-16)14-10-8-7-9-11-14/h7-11,15-16,19H,12-13H2,1-6H3. The minimum atomic E-state index is 0.187. The molecule has 1 N–H and O–H groups in total. The molecule has 1 fully saturated rings. The summed E-state index contributed by atoms with van der Waals surface area (Å²) in [5, 5.41) is 3.77. The van der Waals surface area contributed by atoms with Crippen LogP contribution in [-0.2, 0) is 0 Å². The van der Waals surface area contributed by atoms with Crippen molar-refractivity contribution >= 4 is 0 Å². The Balaban J connectivity index is 2.26. The van der Waals surface area contributed by atoms with Crippen LogP contribution in [0.2, 0.25) is 0 Å². The molecular formula is C18H30N2. The molecule has 2 atom stereocenters. The first-order valence-electron chi connectivity index (χ1n) is 7.74. The molecule has 20 heavy (non-hydrogen) atoms. The quantitative estimate of drug-likeness (QED) is 0.837. The normalized spacial score (nSPS) is 25.7. The van der Waals surface area contributed by atoms with Crippen LogP contribution in [0.15, 0.2) is 30.3 Å². The number of rotatable bonds is 1. The van der Waals surface area contributed by atoms with Gasteiger partial charge >= 0.3 is 0 Å². The average Bonchev–Trinajstić information content (AvgIpc) is 2.37. The largest absolute Gasteiger partial charge is 0.310 e. The molecule has 1 aliphatic rings. The summed E-state index contributed by atoms with van der Waals surface area (Å²) in [4.78, 5) is 2.66. The Bertz CT molecular complexity index is 425. The van der Waals surface area contributed by atoms with Gasteiger partial charge in [-0.15, -0.1) is 0 Å². The van der Waals surface area contributed by atoms with E-state index in [1.807, 2.05) is 0 Å². The molecule has 2 rings (SSSR count). The summed E-state index contributed by atoms with van der Waals surface area (Å²) in [7, 11) is 0. The van der Waals surface area contributed by atoms with Gasteiger partial charge in [0.05, 0.1) is 0 Å². The van der Waals surface area contributed by atoms with Gasteiger partial charge in [-0.05, 0) is 31.7 Å². The first kappa shape index (κ1) is 15.5. The Kier molecular flexibility index (Phi) is 4.27. The van der Waals surface area contributed by atoms with Crippen molar-refractivity contribution in [3.63, 3.8) is 0 Å². The molecule has 0 spiro atoms. The summed E-state index contributed by atoms with van der Waals surface area (Å²) in [6.07, 6.45) is 0. The van der Waals surface area contributed by atoms with Crippen LogP contribution >= 0.6 is 0 Å². The molecule has 2 unspecified atom stereocenters. The topological polar surface area (TPSA) is 15.3 Å². The molecule has 0 saturated carbocycles. The van der Waals surface area contributed by atoms with E-state index in [1.54, 1.807) is 0 Å². The molecule has 0 bridgehead atoms. The van der Waals surface area contributed by atoms with Crippen molar-refractivity contribution in [3.8, 4) is 0 Å². The van der Waals surface area contributed by atoms with Gasteiger partial charge in [0.2, 0.25) is 0 Å². The molecular weight excluding hydrogens is 244 g/mol. The number of nitrogens with zero attached hydrogens (tertiary/aromatic N) is 1. The summed E-state index contributed by atoms with van der Waals surface area (Å²) in [6, 6.07) is 11.9. The van der Waals surface area contributed by atoms with Gasteiger partial charge in [0.1, 0.15) is 0 Å². The third-order valence-corrected chi connectivity index (χ3v) is 4.40. The Labute approximate surface area is 124 Å². The highest BCUT2D eigenvalue weighted by Crippen LogP contribution is 2.34. The molecule has 1 heterocycles. The van der Waals surface area contributed by atoms with Crippen LogP contribution in [0.1, 0.15) is 53.1 Å². The van der Waals surface area contributed by atoms with Gasteiger partial charge in [-0.3, -0.25) is 4.90 Å². The van der Waals surface area contributed by atoms with E-state index in [-0.39, 0.29) is 5.54 Å². The first-order valence-corrected chi connectivity index (χ1v) is 7.74. The minimum absolute atomic E-state index is 0.187. The van der Waals surface area contributed by atoms with Crippen molar-refractivity contribution in [1.29, 1.82) is 0 Å². The van der Waals surface area contributed by atoms with Gasteiger partial charge in [-0.1, -0.05) is 51.1 Å². The van der Waals surface area contributed by atoms with Crippen molar-refractivity contribution in [2.24, 2.45) is 5.41 Å². The van der Waals surface area contributed by atoms with E-state index >= 15 is 0 Å². The van der Waals surface area contributed by atoms with E-state index in [1.165, 1.54) is 5.56 Å². The maximum absolute atomic E-state index is 3.77. The second kappa shape index (κ2) is 5.50. The second-order valence-electron chi connectivity index (χ2n) is 8.08. The molecule has 2 nitrogen and oxygen atoms in total. The monoisotopic (exact) mass is 274 g/mol. The number of hydrogen-bond acceptors (Lipinski definition) is 2. The molecule has 0 amide bonds. The molecule has 1 aromatic carbocycles. The van der Waals surface area contributed by atoms with Crippen molar-refractivity contribution < 1.29 is 0 Å². The van der Waals surface area contributed by atoms with Crippen LogP contribution in [0.4, 0.5) is 0 Å². The molecule has 0 aromatic heterocycles. The van der Waals surface area contributed by atoms with Gasteiger partial charge in [-0.25, -0.2) is 0 Å². The van der Waals surface area contributed by atoms with Crippen LogP contribution in [0.25, 0.3) is 0 Å². The van der Waals surface area contributed by atoms with Gasteiger partial charge in [0.25, 0.3) is 0 Å². The molecule has 0 aliphatic carbocycles. The van der Waals surface area contributed by atoms with Crippen LogP contribution in [0.5, 0.6) is 0 Å². The molecule has 2 heteroatoms. The fraction of sp³-hybridized carbons (Fsp3) is 0.667. The Morgan fingerprint density at radius 3 is 2.10 bits per heavy atom. The van der Waals surface area contributed by atoms with Crippen molar-refractivity contribution in [2.45, 2.75) is 59.2 Å². The lowest BCUT2D eigenvalue weighted by Crippen LogP contribution is -2.61. The fourth-order valence-corrected chi connectivity index (χ4v) is 3.05. The van der Waals surface area contributed by atoms with E-state index in [0.29, 0.717) is 17.5 Å². The van der Waals surface area contributed by atoms with Crippen molar-refractivity contribution in [1.82, 2.24) is 10.2 Å². The lowest BCUT2D eigenvalue weighted by atomic mass is 9.82. The average molecular weight is 274 g/mol. The summed E-state index contributed by atoms with van der Waals surface area (Å²) >= 11 is 0. The van der Waals surface area contributed by atoms with Crippen molar-refractivity contribution in [3.05, 3.63) is 35.9 Å². The maximum atomic E-state index is 3.77. The van der Waals surface area contributed by atoms with E-state index in [0.717, 1.165) is 13.1 Å². The van der Waals surface area contributed by atoms with E-state index in [4.69, 9.17) is 0 Å². The summed E-state index contributed by atoms with van der Waals surface area (Å²) < 4.78 is 0. The highest BCUT2D eigenvalue weighted by molar-refractivity contribution is 5.21. The molecule has 112 valence electrons. The number of piperazine rings is 1. The fourth-order valence-electron chi connectivity index (χ4n) is 3.05. The SMILES string of the molecule is CC(C)(C)C1CN(C(C)(C)C)C(c2ccccc2)CN1. The highest BCUT2D eigenvalue weighted by Gasteiger charge is 2.39. The van der Waals surface area contributed by atoms with Crippen LogP contribution in [0.3, 0.4) is 0 Å². The van der Waals surface area contributed by atoms with E-state index < -0.39 is 0 Å². The first-order chi connectivity index (χ1) is 9.19. The molecule has 1 aliphatic heterocycles. The highest BCUT2D eigenvalue weighted by atomic mass is 15.3. The predicted octanol–water partition coefficient (Wildman–Crippen LogP) is 3.85. The minimum Gasteiger partial charge on any atom is -0.310 e. The Morgan fingerprint density at radius 2 is 1.60 bits per heavy atom. The zero-order valence-corrected chi connectivity index (χ0v) is 13.9. The number of benzene rings is 1. The molecule has 1 aromatic rings. The van der Waals surface area contributed by atoms with Crippen molar-refractivity contribution in [2.75, 3.05) is 13.1 Å². The van der Waals surface area contributed by atoms with Gasteiger partial charge in [0.15, 0.2) is 0 Å². The third-order valence-electron chi connectivity index (χ3n) is 4.40. The van der Waals surface area contributed by atoms with E-state index in [2.05, 4.69) is 82.1 Å². The predicted molar refractivity (Wildman–Crippen MR) is 86.9 cm³/mol. The lowest BCUT2D eigenvalue weighted by Gasteiger charge is -2.50. The summed E-state index contributed by atoms with van der Waals surface area (Å²) in [5.41, 5.74) is 1.90. The lowest BCUT2D eigenvalue weighted by molar-refractivity contribution is 0.0163. The van der Waals surface area contributed by atoms with Crippen LogP contribution < -0.4 is 5.32 Å². The number of nitrogens with one attached hydrogen (secondary N) is 1. The van der Waals surface area contributed by atoms with Gasteiger partial charge in [0, 0.05) is 30.7 Å². The zero-order valence-electron chi connectivity index (χ0n) is 13.9. The molecule has 0 radical (unpaired) electrons. The van der Waals surface area contributed by atoms with Gasteiger partial charge < -0.3 is 5.32 Å². The maximum Gasteiger partial charge on any atom is 0.0478 e.